The second-order valence-electron chi connectivity index (χ2n) is 4.44. The molecule has 2 rings (SSSR count). The lowest BCUT2D eigenvalue weighted by Gasteiger charge is -2.12. The molecule has 0 unspecified atom stereocenters. The third-order valence-electron chi connectivity index (χ3n) is 3.26. The van der Waals surface area contributed by atoms with E-state index in [9.17, 15) is 4.79 Å². The molecule has 5 nitrogen and oxygen atoms in total. The van der Waals surface area contributed by atoms with E-state index in [0.29, 0.717) is 22.8 Å². The number of aryl methyl sites for hydroxylation is 1. The van der Waals surface area contributed by atoms with E-state index in [1.807, 2.05) is 25.1 Å². The maximum absolute atomic E-state index is 12.0. The lowest BCUT2D eigenvalue weighted by atomic mass is 10.0. The summed E-state index contributed by atoms with van der Waals surface area (Å²) in [6.07, 6.45) is 0. The van der Waals surface area contributed by atoms with Gasteiger partial charge in [0.2, 0.25) is 0 Å². The maximum atomic E-state index is 12.0. The second-order valence-corrected chi connectivity index (χ2v) is 4.44. The molecule has 5 heteroatoms. The van der Waals surface area contributed by atoms with Gasteiger partial charge in [-0.15, -0.1) is 0 Å². The molecule has 106 valence electrons. The molecule has 1 aromatic carbocycles. The van der Waals surface area contributed by atoms with Gasteiger partial charge in [-0.05, 0) is 36.8 Å². The topological polar surface area (TPSA) is 77.3 Å². The van der Waals surface area contributed by atoms with Gasteiger partial charge in [-0.1, -0.05) is 0 Å². The Morgan fingerprint density at radius 1 is 1.20 bits per heavy atom. The molecule has 0 amide bonds. The van der Waals surface area contributed by atoms with Crippen LogP contribution in [-0.4, -0.2) is 19.2 Å². The van der Waals surface area contributed by atoms with Crippen molar-refractivity contribution in [1.82, 2.24) is 4.98 Å². The average molecular weight is 274 g/mol. The van der Waals surface area contributed by atoms with Crippen molar-refractivity contribution >= 4 is 0 Å². The Bertz CT molecular complexity index is 677. The Balaban J connectivity index is 2.64. The summed E-state index contributed by atoms with van der Waals surface area (Å²) in [4.78, 5) is 14.9. The first-order chi connectivity index (χ1) is 9.60. The molecule has 1 aromatic heterocycles. The van der Waals surface area contributed by atoms with E-state index >= 15 is 0 Å². The van der Waals surface area contributed by atoms with Gasteiger partial charge in [0.05, 0.1) is 19.9 Å². The van der Waals surface area contributed by atoms with Crippen molar-refractivity contribution in [1.29, 1.82) is 0 Å². The first-order valence-electron chi connectivity index (χ1n) is 6.26. The standard InChI is InChI=1S/C15H18N2O3/c1-9-6-13(17-15(18)12(9)8-16)11-7-10(19-2)4-5-14(11)20-3/h4-7H,8,16H2,1-3H3,(H,17,18). The number of H-pyrrole nitrogens is 1. The van der Waals surface area contributed by atoms with Crippen LogP contribution in [0.1, 0.15) is 11.1 Å². The van der Waals surface area contributed by atoms with Crippen LogP contribution in [0.5, 0.6) is 11.5 Å². The number of aromatic nitrogens is 1. The number of ether oxygens (including phenoxy) is 2. The van der Waals surface area contributed by atoms with Gasteiger partial charge < -0.3 is 20.2 Å². The van der Waals surface area contributed by atoms with Crippen LogP contribution in [-0.2, 0) is 6.54 Å². The predicted octanol–water partition coefficient (Wildman–Crippen LogP) is 1.83. The number of pyridine rings is 1. The molecule has 3 N–H and O–H groups in total. The Hall–Kier alpha value is -2.27. The van der Waals surface area contributed by atoms with Gasteiger partial charge in [-0.25, -0.2) is 0 Å². The maximum Gasteiger partial charge on any atom is 0.253 e. The summed E-state index contributed by atoms with van der Waals surface area (Å²) in [6.45, 7) is 2.09. The number of hydrogen-bond acceptors (Lipinski definition) is 4. The fourth-order valence-corrected chi connectivity index (χ4v) is 2.14. The molecule has 0 fully saturated rings. The molecule has 1 heterocycles. The average Bonchev–Trinajstić information content (AvgIpc) is 2.46. The molecule has 0 spiro atoms. The molecule has 0 aliphatic carbocycles. The number of nitrogens with one attached hydrogen (secondary N) is 1. The molecule has 0 saturated carbocycles. The summed E-state index contributed by atoms with van der Waals surface area (Å²) < 4.78 is 10.5. The Labute approximate surface area is 117 Å². The molecule has 2 aromatic rings. The predicted molar refractivity (Wildman–Crippen MR) is 78.2 cm³/mol. The smallest absolute Gasteiger partial charge is 0.253 e. The van der Waals surface area contributed by atoms with Crippen LogP contribution in [0, 0.1) is 6.92 Å². The second kappa shape index (κ2) is 5.79. The molecular weight excluding hydrogens is 256 g/mol. The first-order valence-corrected chi connectivity index (χ1v) is 6.26. The van der Waals surface area contributed by atoms with Crippen molar-refractivity contribution in [3.63, 3.8) is 0 Å². The summed E-state index contributed by atoms with van der Waals surface area (Å²) in [5.41, 5.74) is 8.31. The number of nitrogens with two attached hydrogens (primary N) is 1. The summed E-state index contributed by atoms with van der Waals surface area (Å²) in [5.74, 6) is 1.36. The minimum absolute atomic E-state index is 0.174. The van der Waals surface area contributed by atoms with Crippen LogP contribution >= 0.6 is 0 Å². The van der Waals surface area contributed by atoms with Gasteiger partial charge in [0.15, 0.2) is 0 Å². The normalized spacial score (nSPS) is 10.4. The molecular formula is C15H18N2O3. The largest absolute Gasteiger partial charge is 0.497 e. The lowest BCUT2D eigenvalue weighted by molar-refractivity contribution is 0.404. The Kier molecular flexibility index (Phi) is 4.10. The summed E-state index contributed by atoms with van der Waals surface area (Å²) in [5, 5.41) is 0. The highest BCUT2D eigenvalue weighted by Crippen LogP contribution is 2.32. The quantitative estimate of drug-likeness (QED) is 0.891. The van der Waals surface area contributed by atoms with Gasteiger partial charge in [0.1, 0.15) is 11.5 Å². The monoisotopic (exact) mass is 274 g/mol. The van der Waals surface area contributed by atoms with Crippen LogP contribution in [0.15, 0.2) is 29.1 Å². The SMILES string of the molecule is COc1ccc(OC)c(-c2cc(C)c(CN)c(=O)[nH]2)c1. The van der Waals surface area contributed by atoms with Gasteiger partial charge >= 0.3 is 0 Å². The van der Waals surface area contributed by atoms with Crippen molar-refractivity contribution in [2.24, 2.45) is 5.73 Å². The highest BCUT2D eigenvalue weighted by atomic mass is 16.5. The molecule has 0 aliphatic rings. The summed E-state index contributed by atoms with van der Waals surface area (Å²) in [6, 6.07) is 7.33. The van der Waals surface area contributed by atoms with Gasteiger partial charge in [-0.2, -0.15) is 0 Å². The number of methoxy groups -OCH3 is 2. The molecule has 20 heavy (non-hydrogen) atoms. The van der Waals surface area contributed by atoms with Crippen LogP contribution in [0.4, 0.5) is 0 Å². The molecule has 0 atom stereocenters. The van der Waals surface area contributed by atoms with Gasteiger partial charge in [0.25, 0.3) is 5.56 Å². The zero-order valence-corrected chi connectivity index (χ0v) is 11.8. The highest BCUT2D eigenvalue weighted by Gasteiger charge is 2.11. The molecule has 0 saturated heterocycles. The molecule has 0 aliphatic heterocycles. The summed E-state index contributed by atoms with van der Waals surface area (Å²) in [7, 11) is 3.18. The van der Waals surface area contributed by atoms with Crippen molar-refractivity contribution in [2.75, 3.05) is 14.2 Å². The van der Waals surface area contributed by atoms with Crippen molar-refractivity contribution < 1.29 is 9.47 Å². The number of hydrogen-bond donors (Lipinski definition) is 2. The van der Waals surface area contributed by atoms with Crippen LogP contribution in [0.25, 0.3) is 11.3 Å². The van der Waals surface area contributed by atoms with E-state index in [0.717, 1.165) is 11.1 Å². The minimum atomic E-state index is -0.174. The Morgan fingerprint density at radius 2 is 1.95 bits per heavy atom. The van der Waals surface area contributed by atoms with Gasteiger partial charge in [0, 0.05) is 17.7 Å². The minimum Gasteiger partial charge on any atom is -0.497 e. The van der Waals surface area contributed by atoms with E-state index in [1.165, 1.54) is 0 Å². The first kappa shape index (κ1) is 14.1. The number of rotatable bonds is 4. The number of benzene rings is 1. The fourth-order valence-electron chi connectivity index (χ4n) is 2.14. The van der Waals surface area contributed by atoms with E-state index in [2.05, 4.69) is 4.98 Å². The van der Waals surface area contributed by atoms with E-state index in [-0.39, 0.29) is 12.1 Å². The zero-order chi connectivity index (χ0) is 14.7. The van der Waals surface area contributed by atoms with E-state index in [1.54, 1.807) is 20.3 Å². The van der Waals surface area contributed by atoms with E-state index < -0.39 is 0 Å². The van der Waals surface area contributed by atoms with Crippen LogP contribution < -0.4 is 20.8 Å². The lowest BCUT2D eigenvalue weighted by Crippen LogP contribution is -2.18. The van der Waals surface area contributed by atoms with Crippen molar-refractivity contribution in [3.05, 3.63) is 45.7 Å². The van der Waals surface area contributed by atoms with Crippen molar-refractivity contribution in [2.45, 2.75) is 13.5 Å². The Morgan fingerprint density at radius 3 is 2.50 bits per heavy atom. The van der Waals surface area contributed by atoms with Crippen LogP contribution in [0.2, 0.25) is 0 Å². The zero-order valence-electron chi connectivity index (χ0n) is 11.8. The molecule has 0 bridgehead atoms. The van der Waals surface area contributed by atoms with E-state index in [4.69, 9.17) is 15.2 Å². The third kappa shape index (κ3) is 2.53. The third-order valence-corrected chi connectivity index (χ3v) is 3.26. The van der Waals surface area contributed by atoms with Crippen molar-refractivity contribution in [3.8, 4) is 22.8 Å². The highest BCUT2D eigenvalue weighted by molar-refractivity contribution is 5.69. The number of aromatic amines is 1. The summed E-state index contributed by atoms with van der Waals surface area (Å²) >= 11 is 0. The molecule has 0 radical (unpaired) electrons. The fraction of sp³-hybridized carbons (Fsp3) is 0.267. The van der Waals surface area contributed by atoms with Crippen LogP contribution in [0.3, 0.4) is 0 Å². The van der Waals surface area contributed by atoms with Gasteiger partial charge in [-0.3, -0.25) is 4.79 Å².